The molecule has 6 aliphatic rings. The van der Waals surface area contributed by atoms with Gasteiger partial charge in [0.1, 0.15) is 11.8 Å². The number of phenolic OH excluding ortho intramolecular Hbond substituents is 1. The third kappa shape index (κ3) is 6.50. The lowest BCUT2D eigenvalue weighted by Crippen LogP contribution is -2.75. The van der Waals surface area contributed by atoms with Crippen LogP contribution in [0.4, 0.5) is 17.2 Å². The number of aromatic hydroxyl groups is 1. The van der Waals surface area contributed by atoms with Gasteiger partial charge in [0.2, 0.25) is 23.6 Å². The molecule has 1 atom stereocenters. The summed E-state index contributed by atoms with van der Waals surface area (Å²) in [6.45, 7) is 4.83. The monoisotopic (exact) mass is 837 g/mol. The number of anilines is 3. The van der Waals surface area contributed by atoms with Gasteiger partial charge in [-0.15, -0.1) is 10.2 Å². The molecule has 0 bridgehead atoms. The highest BCUT2D eigenvalue weighted by molar-refractivity contribution is 6.23. The van der Waals surface area contributed by atoms with E-state index in [9.17, 15) is 33.9 Å². The molecule has 16 nitrogen and oxygen atoms in total. The van der Waals surface area contributed by atoms with Crippen molar-refractivity contribution >= 4 is 52.6 Å². The Balaban J connectivity index is 0.742. The molecule has 3 aromatic carbocycles. The van der Waals surface area contributed by atoms with Crippen LogP contribution < -0.4 is 20.9 Å². The zero-order valence-electron chi connectivity index (χ0n) is 34.2. The van der Waals surface area contributed by atoms with Gasteiger partial charge in [-0.05, 0) is 74.1 Å². The van der Waals surface area contributed by atoms with Crippen LogP contribution in [0.25, 0.3) is 11.3 Å². The topological polar surface area (TPSA) is 203 Å². The Morgan fingerprint density at radius 1 is 0.726 bits per heavy atom. The van der Waals surface area contributed by atoms with Crippen LogP contribution in [-0.4, -0.2) is 124 Å². The predicted molar refractivity (Wildman–Crippen MR) is 227 cm³/mol. The molecule has 6 aliphatic heterocycles. The lowest BCUT2D eigenvalue weighted by Gasteiger charge is -2.62. The molecule has 1 spiro atoms. The molecule has 62 heavy (non-hydrogen) atoms. The summed E-state index contributed by atoms with van der Waals surface area (Å²) in [6.07, 6.45) is 2.61. The summed E-state index contributed by atoms with van der Waals surface area (Å²) in [5.74, 6) is -1.62. The van der Waals surface area contributed by atoms with Crippen molar-refractivity contribution in [2.24, 2.45) is 11.3 Å². The van der Waals surface area contributed by atoms with Gasteiger partial charge in [0, 0.05) is 81.4 Å². The fourth-order valence-corrected chi connectivity index (χ4v) is 10.6. The van der Waals surface area contributed by atoms with E-state index < -0.39 is 35.1 Å². The highest BCUT2D eigenvalue weighted by atomic mass is 16.3. The number of benzene rings is 3. The number of carbonyl (C=O) groups excluding carboxylic acids is 6. The molecule has 5 fully saturated rings. The number of hydrogen-bond acceptors (Lipinski definition) is 12. The largest absolute Gasteiger partial charge is 0.507 e. The Labute approximate surface area is 357 Å². The lowest BCUT2D eigenvalue weighted by atomic mass is 9.67. The summed E-state index contributed by atoms with van der Waals surface area (Å²) in [5.41, 5.74) is 9.59. The van der Waals surface area contributed by atoms with Gasteiger partial charge in [-0.3, -0.25) is 39.0 Å². The standard InChI is InChI=1S/C46H47N9O7/c47-39-36(23-34(49-50-39)32-8-4-5-9-37(32)56)52-20-16-46(17-21-52,29-6-2-1-3-7-29)44(62)54-26-45(27-54)24-53(25-45)41(59)28-14-18-51(19-15-28)30-10-11-31-33(22-30)43(61)55(42(31)60)35-12-13-38(57)48-40(35)58/h1-11,22-23,28,35,56H,12-21,24-27H2,(H2,47,50)(H,48,57,58). The molecule has 318 valence electrons. The molecule has 0 aliphatic carbocycles. The third-order valence-corrected chi connectivity index (χ3v) is 14.0. The number of nitrogens with two attached hydrogens (primary N) is 1. The van der Waals surface area contributed by atoms with Crippen molar-refractivity contribution in [3.63, 3.8) is 0 Å². The van der Waals surface area contributed by atoms with Gasteiger partial charge in [-0.1, -0.05) is 42.5 Å². The number of nitrogen functional groups attached to an aromatic ring is 1. The van der Waals surface area contributed by atoms with Crippen molar-refractivity contribution in [1.82, 2.24) is 30.2 Å². The number of aromatic nitrogens is 2. The first-order valence-corrected chi connectivity index (χ1v) is 21.3. The van der Waals surface area contributed by atoms with E-state index in [4.69, 9.17) is 5.73 Å². The van der Waals surface area contributed by atoms with Gasteiger partial charge in [-0.2, -0.15) is 0 Å². The molecule has 10 rings (SSSR count). The first-order valence-electron chi connectivity index (χ1n) is 21.3. The van der Waals surface area contributed by atoms with E-state index in [1.54, 1.807) is 36.4 Å². The van der Waals surface area contributed by atoms with Crippen LogP contribution in [0.5, 0.6) is 5.75 Å². The Bertz CT molecular complexity index is 2520. The second-order valence-corrected chi connectivity index (χ2v) is 17.7. The van der Waals surface area contributed by atoms with Crippen molar-refractivity contribution in [1.29, 1.82) is 0 Å². The maximum atomic E-state index is 14.6. The number of fused-ring (bicyclic) bond motifs is 1. The van der Waals surface area contributed by atoms with Gasteiger partial charge in [0.25, 0.3) is 11.8 Å². The Kier molecular flexibility index (Phi) is 9.48. The molecular weight excluding hydrogens is 791 g/mol. The van der Waals surface area contributed by atoms with E-state index in [0.717, 1.165) is 21.8 Å². The van der Waals surface area contributed by atoms with Gasteiger partial charge >= 0.3 is 0 Å². The number of piperidine rings is 3. The number of nitrogens with zero attached hydrogens (tertiary/aromatic N) is 7. The Morgan fingerprint density at radius 3 is 2.11 bits per heavy atom. The number of carbonyl (C=O) groups is 6. The highest BCUT2D eigenvalue weighted by Gasteiger charge is 2.58. The average molecular weight is 838 g/mol. The SMILES string of the molecule is Nc1nnc(-c2ccccc2O)cc1N1CCC(C(=O)N2CC3(CN(C(=O)C4CCN(c5ccc6c(c5)C(=O)N(C5CCC(=O)NC5=O)C6=O)CC4)C3)C2)(c2ccccc2)CC1. The molecule has 1 unspecified atom stereocenters. The van der Waals surface area contributed by atoms with E-state index in [1.807, 2.05) is 52.3 Å². The van der Waals surface area contributed by atoms with Crippen molar-refractivity contribution < 1.29 is 33.9 Å². The van der Waals surface area contributed by atoms with Crippen LogP contribution in [0.15, 0.2) is 78.9 Å². The predicted octanol–water partition coefficient (Wildman–Crippen LogP) is 2.96. The highest BCUT2D eigenvalue weighted by Crippen LogP contribution is 2.46. The summed E-state index contributed by atoms with van der Waals surface area (Å²) < 4.78 is 0. The van der Waals surface area contributed by atoms with Gasteiger partial charge < -0.3 is 30.4 Å². The zero-order chi connectivity index (χ0) is 42.9. The maximum Gasteiger partial charge on any atom is 0.262 e. The van der Waals surface area contributed by atoms with Crippen molar-refractivity contribution in [2.45, 2.75) is 50.0 Å². The first kappa shape index (κ1) is 39.3. The number of likely N-dealkylation sites (tertiary alicyclic amines) is 2. The maximum absolute atomic E-state index is 14.6. The van der Waals surface area contributed by atoms with Gasteiger partial charge in [0.05, 0.1) is 27.9 Å². The molecule has 0 saturated carbocycles. The summed E-state index contributed by atoms with van der Waals surface area (Å²) in [7, 11) is 0. The van der Waals surface area contributed by atoms with Crippen LogP contribution >= 0.6 is 0 Å². The van der Waals surface area contributed by atoms with Gasteiger partial charge in [-0.25, -0.2) is 0 Å². The number of imide groups is 2. The molecule has 4 aromatic rings. The molecule has 1 aromatic heterocycles. The van der Waals surface area contributed by atoms with E-state index >= 15 is 0 Å². The summed E-state index contributed by atoms with van der Waals surface area (Å²) in [5, 5.41) is 21.1. The van der Waals surface area contributed by atoms with E-state index in [2.05, 4.69) is 25.3 Å². The zero-order valence-corrected chi connectivity index (χ0v) is 34.2. The molecule has 0 radical (unpaired) electrons. The second-order valence-electron chi connectivity index (χ2n) is 17.7. The minimum absolute atomic E-state index is 0.0593. The van der Waals surface area contributed by atoms with Crippen LogP contribution in [0, 0.1) is 11.3 Å². The minimum atomic E-state index is -1.02. The molecule has 7 heterocycles. The second kappa shape index (κ2) is 15.0. The van der Waals surface area contributed by atoms with E-state index in [1.165, 1.54) is 0 Å². The minimum Gasteiger partial charge on any atom is -0.507 e. The number of para-hydroxylation sites is 1. The fraction of sp³-hybridized carbons (Fsp3) is 0.391. The van der Waals surface area contributed by atoms with Crippen molar-refractivity contribution in [3.05, 3.63) is 95.6 Å². The van der Waals surface area contributed by atoms with Crippen LogP contribution in [-0.2, 0) is 24.6 Å². The molecular formula is C46H47N9O7. The molecule has 16 heteroatoms. The smallest absolute Gasteiger partial charge is 0.262 e. The lowest BCUT2D eigenvalue weighted by molar-refractivity contribution is -0.175. The quantitative estimate of drug-likeness (QED) is 0.230. The number of hydrogen-bond donors (Lipinski definition) is 3. The van der Waals surface area contributed by atoms with Crippen LogP contribution in [0.3, 0.4) is 0 Å². The van der Waals surface area contributed by atoms with Crippen molar-refractivity contribution in [3.8, 4) is 17.0 Å². The number of amides is 6. The number of phenols is 1. The van der Waals surface area contributed by atoms with E-state index in [0.29, 0.717) is 95.1 Å². The van der Waals surface area contributed by atoms with Crippen LogP contribution in [0.1, 0.15) is 64.8 Å². The number of nitrogens with one attached hydrogen (secondary N) is 1. The van der Waals surface area contributed by atoms with Crippen LogP contribution in [0.2, 0.25) is 0 Å². The molecule has 4 N–H and O–H groups in total. The van der Waals surface area contributed by atoms with E-state index in [-0.39, 0.29) is 52.9 Å². The Hall–Kier alpha value is -6.84. The average Bonchev–Trinajstić information content (AvgIpc) is 3.51. The first-order chi connectivity index (χ1) is 29.9. The summed E-state index contributed by atoms with van der Waals surface area (Å²) in [4.78, 5) is 88.2. The Morgan fingerprint density at radius 2 is 1.40 bits per heavy atom. The van der Waals surface area contributed by atoms with Crippen molar-refractivity contribution in [2.75, 3.05) is 67.9 Å². The normalized spacial score (nSPS) is 22.0. The number of rotatable bonds is 7. The fourth-order valence-electron chi connectivity index (χ4n) is 10.6. The third-order valence-electron chi connectivity index (χ3n) is 14.0. The molecule has 5 saturated heterocycles. The molecule has 6 amide bonds. The summed E-state index contributed by atoms with van der Waals surface area (Å²) >= 11 is 0. The summed E-state index contributed by atoms with van der Waals surface area (Å²) in [6, 6.07) is 22.9. The van der Waals surface area contributed by atoms with Gasteiger partial charge in [0.15, 0.2) is 5.82 Å².